The Bertz CT molecular complexity index is 201. The van der Waals surface area contributed by atoms with E-state index in [0.717, 1.165) is 5.92 Å². The highest BCUT2D eigenvalue weighted by Gasteiger charge is 2.34. The fourth-order valence-corrected chi connectivity index (χ4v) is 3.25. The summed E-state index contributed by atoms with van der Waals surface area (Å²) in [4.78, 5) is 2.78. The van der Waals surface area contributed by atoms with Gasteiger partial charge in [-0.1, -0.05) is 34.6 Å². The Morgan fingerprint density at radius 3 is 2.24 bits per heavy atom. The van der Waals surface area contributed by atoms with Crippen molar-refractivity contribution in [3.05, 3.63) is 0 Å². The molecule has 0 radical (unpaired) electrons. The molecule has 1 aliphatic heterocycles. The Hall–Kier alpha value is -0.0800. The first-order chi connectivity index (χ1) is 8.09. The predicted molar refractivity (Wildman–Crippen MR) is 76.4 cm³/mol. The summed E-state index contributed by atoms with van der Waals surface area (Å²) >= 11 is 0. The Labute approximate surface area is 108 Å². The molecule has 1 rings (SSSR count). The second kappa shape index (κ2) is 6.75. The van der Waals surface area contributed by atoms with E-state index in [-0.39, 0.29) is 0 Å². The highest BCUT2D eigenvalue weighted by molar-refractivity contribution is 4.91. The van der Waals surface area contributed by atoms with Crippen LogP contribution >= 0.6 is 0 Å². The molecule has 1 saturated heterocycles. The number of nitrogens with one attached hydrogen (secondary N) is 1. The molecule has 2 heteroatoms. The lowest BCUT2D eigenvalue weighted by molar-refractivity contribution is 0.0669. The molecule has 0 aliphatic carbocycles. The van der Waals surface area contributed by atoms with Gasteiger partial charge >= 0.3 is 0 Å². The number of rotatable bonds is 5. The van der Waals surface area contributed by atoms with E-state index < -0.39 is 0 Å². The lowest BCUT2D eigenvalue weighted by Gasteiger charge is -2.44. The van der Waals surface area contributed by atoms with Crippen molar-refractivity contribution in [2.75, 3.05) is 19.6 Å². The maximum absolute atomic E-state index is 3.71. The third kappa shape index (κ3) is 3.45. The number of hydrogen-bond donors (Lipinski definition) is 1. The van der Waals surface area contributed by atoms with E-state index in [1.807, 2.05) is 0 Å². The summed E-state index contributed by atoms with van der Waals surface area (Å²) in [6.07, 6.45) is 5.14. The summed E-state index contributed by atoms with van der Waals surface area (Å²) in [5.41, 5.74) is 0.444. The van der Waals surface area contributed by atoms with Crippen LogP contribution in [-0.2, 0) is 0 Å². The molecule has 0 aromatic heterocycles. The molecule has 1 N–H and O–H groups in total. The molecule has 1 unspecified atom stereocenters. The molecule has 1 aliphatic rings. The first kappa shape index (κ1) is 15.0. The topological polar surface area (TPSA) is 15.3 Å². The highest BCUT2D eigenvalue weighted by Crippen LogP contribution is 2.29. The van der Waals surface area contributed by atoms with Gasteiger partial charge in [-0.2, -0.15) is 0 Å². The molecule has 1 fully saturated rings. The first-order valence-electron chi connectivity index (χ1n) is 7.58. The summed E-state index contributed by atoms with van der Waals surface area (Å²) < 4.78 is 0. The van der Waals surface area contributed by atoms with Gasteiger partial charge in [0, 0.05) is 18.1 Å². The molecule has 2 nitrogen and oxygen atoms in total. The molecule has 0 bridgehead atoms. The second-order valence-corrected chi connectivity index (χ2v) is 5.89. The van der Waals surface area contributed by atoms with Crippen molar-refractivity contribution in [1.82, 2.24) is 10.2 Å². The van der Waals surface area contributed by atoms with E-state index in [2.05, 4.69) is 44.8 Å². The minimum absolute atomic E-state index is 0.444. The van der Waals surface area contributed by atoms with Crippen LogP contribution in [-0.4, -0.2) is 36.1 Å². The van der Waals surface area contributed by atoms with E-state index in [0.29, 0.717) is 11.6 Å². The standard InChI is InChI=1S/C15H32N2/c1-6-15(7-2,8-3)17-11-9-10-16-14(12-17)13(4)5/h13-14,16H,6-12H2,1-5H3. The van der Waals surface area contributed by atoms with Crippen molar-refractivity contribution in [2.24, 2.45) is 5.92 Å². The summed E-state index contributed by atoms with van der Waals surface area (Å²) in [6, 6.07) is 0.668. The first-order valence-corrected chi connectivity index (χ1v) is 7.58. The second-order valence-electron chi connectivity index (χ2n) is 5.89. The molecule has 1 heterocycles. The Kier molecular flexibility index (Phi) is 5.94. The fraction of sp³-hybridized carbons (Fsp3) is 1.00. The van der Waals surface area contributed by atoms with Crippen LogP contribution < -0.4 is 5.32 Å². The summed E-state index contributed by atoms with van der Waals surface area (Å²) in [7, 11) is 0. The van der Waals surface area contributed by atoms with Crippen LogP contribution in [0.25, 0.3) is 0 Å². The maximum Gasteiger partial charge on any atom is 0.0218 e. The third-order valence-electron chi connectivity index (χ3n) is 4.88. The lowest BCUT2D eigenvalue weighted by Crippen LogP contribution is -2.52. The Morgan fingerprint density at radius 1 is 1.18 bits per heavy atom. The van der Waals surface area contributed by atoms with Crippen LogP contribution in [0.1, 0.15) is 60.3 Å². The van der Waals surface area contributed by atoms with Crippen molar-refractivity contribution in [3.8, 4) is 0 Å². The normalized spacial score (nSPS) is 24.0. The largest absolute Gasteiger partial charge is 0.312 e. The minimum atomic E-state index is 0.444. The van der Waals surface area contributed by atoms with Gasteiger partial charge in [-0.15, -0.1) is 0 Å². The van der Waals surface area contributed by atoms with Gasteiger partial charge in [0.05, 0.1) is 0 Å². The Morgan fingerprint density at radius 2 is 1.76 bits per heavy atom. The maximum atomic E-state index is 3.71. The summed E-state index contributed by atoms with van der Waals surface area (Å²) in [5.74, 6) is 0.735. The minimum Gasteiger partial charge on any atom is -0.312 e. The van der Waals surface area contributed by atoms with E-state index in [9.17, 15) is 0 Å². The van der Waals surface area contributed by atoms with Gasteiger partial charge in [0.2, 0.25) is 0 Å². The zero-order valence-corrected chi connectivity index (χ0v) is 12.6. The SMILES string of the molecule is CCC(CC)(CC)N1CCCNC(C(C)C)C1. The zero-order valence-electron chi connectivity index (χ0n) is 12.6. The number of nitrogens with zero attached hydrogens (tertiary/aromatic N) is 1. The average molecular weight is 240 g/mol. The van der Waals surface area contributed by atoms with Crippen LogP contribution in [0, 0.1) is 5.92 Å². The van der Waals surface area contributed by atoms with Gasteiger partial charge in [0.15, 0.2) is 0 Å². The van der Waals surface area contributed by atoms with Crippen LogP contribution in [0.5, 0.6) is 0 Å². The Balaban J connectivity index is 2.79. The van der Waals surface area contributed by atoms with E-state index in [1.165, 1.54) is 45.3 Å². The van der Waals surface area contributed by atoms with Crippen molar-refractivity contribution < 1.29 is 0 Å². The fourth-order valence-electron chi connectivity index (χ4n) is 3.25. The molecule has 0 amide bonds. The summed E-state index contributed by atoms with van der Waals surface area (Å²) in [5, 5.41) is 3.71. The predicted octanol–water partition coefficient (Wildman–Crippen LogP) is 3.28. The summed E-state index contributed by atoms with van der Waals surface area (Å²) in [6.45, 7) is 15.4. The smallest absolute Gasteiger partial charge is 0.0218 e. The lowest BCUT2D eigenvalue weighted by atomic mass is 9.86. The van der Waals surface area contributed by atoms with Gasteiger partial charge in [0.1, 0.15) is 0 Å². The van der Waals surface area contributed by atoms with Crippen molar-refractivity contribution in [3.63, 3.8) is 0 Å². The molecule has 0 saturated carbocycles. The van der Waals surface area contributed by atoms with Gasteiger partial charge < -0.3 is 5.32 Å². The zero-order chi connectivity index (χ0) is 12.9. The molecule has 0 aromatic carbocycles. The number of hydrogen-bond acceptors (Lipinski definition) is 2. The average Bonchev–Trinajstić information content (AvgIpc) is 2.58. The van der Waals surface area contributed by atoms with E-state index >= 15 is 0 Å². The van der Waals surface area contributed by atoms with Gasteiger partial charge in [-0.25, -0.2) is 0 Å². The molecule has 17 heavy (non-hydrogen) atoms. The monoisotopic (exact) mass is 240 g/mol. The van der Waals surface area contributed by atoms with Gasteiger partial charge in [0.25, 0.3) is 0 Å². The van der Waals surface area contributed by atoms with Crippen LogP contribution in [0.4, 0.5) is 0 Å². The van der Waals surface area contributed by atoms with Crippen LogP contribution in [0.2, 0.25) is 0 Å². The van der Waals surface area contributed by atoms with E-state index in [1.54, 1.807) is 0 Å². The van der Waals surface area contributed by atoms with Crippen LogP contribution in [0.15, 0.2) is 0 Å². The van der Waals surface area contributed by atoms with Gasteiger partial charge in [-0.05, 0) is 44.7 Å². The van der Waals surface area contributed by atoms with Crippen molar-refractivity contribution >= 4 is 0 Å². The highest BCUT2D eigenvalue weighted by atomic mass is 15.2. The molecule has 0 aromatic rings. The van der Waals surface area contributed by atoms with Crippen molar-refractivity contribution in [2.45, 2.75) is 71.9 Å². The molecule has 0 spiro atoms. The van der Waals surface area contributed by atoms with Crippen molar-refractivity contribution in [1.29, 1.82) is 0 Å². The molecule has 102 valence electrons. The third-order valence-corrected chi connectivity index (χ3v) is 4.88. The molecule has 1 atom stereocenters. The van der Waals surface area contributed by atoms with Crippen LogP contribution in [0.3, 0.4) is 0 Å². The van der Waals surface area contributed by atoms with Gasteiger partial charge in [-0.3, -0.25) is 4.90 Å². The van der Waals surface area contributed by atoms with E-state index in [4.69, 9.17) is 0 Å². The molecular weight excluding hydrogens is 208 g/mol. The quantitative estimate of drug-likeness (QED) is 0.793. The molecular formula is C15H32N2.